The van der Waals surface area contributed by atoms with Gasteiger partial charge in [0.2, 0.25) is 0 Å². The zero-order valence-corrected chi connectivity index (χ0v) is 15.6. The molecule has 138 valence electrons. The van der Waals surface area contributed by atoms with Gasteiger partial charge >= 0.3 is 5.97 Å². The number of ether oxygens (including phenoxy) is 1. The van der Waals surface area contributed by atoms with Gasteiger partial charge in [-0.25, -0.2) is 4.79 Å². The van der Waals surface area contributed by atoms with Gasteiger partial charge < -0.3 is 9.57 Å². The summed E-state index contributed by atoms with van der Waals surface area (Å²) in [6.07, 6.45) is 9.00. The lowest BCUT2D eigenvalue weighted by atomic mass is 9.91. The Morgan fingerprint density at radius 3 is 2.42 bits per heavy atom. The van der Waals surface area contributed by atoms with Gasteiger partial charge in [0.25, 0.3) is 0 Å². The van der Waals surface area contributed by atoms with Crippen molar-refractivity contribution >= 4 is 18.4 Å². The lowest BCUT2D eigenvalue weighted by Gasteiger charge is -2.36. The number of halogens is 1. The minimum Gasteiger partial charge on any atom is -0.371 e. The molecule has 1 aliphatic carbocycles. The fraction of sp³-hybridized carbons (Fsp3) is 0.611. The van der Waals surface area contributed by atoms with E-state index in [1.807, 2.05) is 18.2 Å². The van der Waals surface area contributed by atoms with E-state index in [0.29, 0.717) is 12.0 Å². The average molecular weight is 359 g/mol. The van der Waals surface area contributed by atoms with Crippen LogP contribution in [0.3, 0.4) is 0 Å². The predicted molar refractivity (Wildman–Crippen MR) is 99.8 cm³/mol. The van der Waals surface area contributed by atoms with E-state index in [4.69, 9.17) is 10.6 Å². The molecule has 6 heteroatoms. The zero-order valence-electron chi connectivity index (χ0n) is 14.8. The fourth-order valence-electron chi connectivity index (χ4n) is 3.00. The molecule has 0 aromatic rings. The Morgan fingerprint density at radius 2 is 1.96 bits per heavy atom. The first-order valence-corrected chi connectivity index (χ1v) is 8.32. The molecule has 2 unspecified atom stereocenters. The Kier molecular flexibility index (Phi) is 11.7. The minimum atomic E-state index is -0.481. The van der Waals surface area contributed by atoms with Crippen LogP contribution < -0.4 is 5.90 Å². The summed E-state index contributed by atoms with van der Waals surface area (Å²) in [7, 11) is 0. The van der Waals surface area contributed by atoms with Crippen LogP contribution >= 0.6 is 12.4 Å². The van der Waals surface area contributed by atoms with Gasteiger partial charge in [0.05, 0.1) is 12.2 Å². The van der Waals surface area contributed by atoms with E-state index in [1.54, 1.807) is 0 Å². The number of nitrogens with two attached hydrogens (primary N) is 1. The molecular formula is C18H31ClN2O3. The standard InChI is InChI=1S/C18H30N2O3.ClH/c1-5-9-20(10-6-2)15-11-14(18(21)23-19)12-17(13-15)22-16(7-3)8-4;/h5-6,12,15-17H,1-2,7-11,13,19H2,3-4H3;1H. The molecule has 2 atom stereocenters. The zero-order chi connectivity index (χ0) is 17.2. The Balaban J connectivity index is 0.00000529. The average Bonchev–Trinajstić information content (AvgIpc) is 2.58. The molecule has 0 bridgehead atoms. The summed E-state index contributed by atoms with van der Waals surface area (Å²) in [4.78, 5) is 18.5. The van der Waals surface area contributed by atoms with Crippen molar-refractivity contribution in [3.05, 3.63) is 37.0 Å². The fourth-order valence-corrected chi connectivity index (χ4v) is 3.00. The number of nitrogens with zero attached hydrogens (tertiary/aromatic N) is 1. The third-order valence-electron chi connectivity index (χ3n) is 4.24. The number of hydrogen-bond acceptors (Lipinski definition) is 5. The summed E-state index contributed by atoms with van der Waals surface area (Å²) < 4.78 is 6.15. The van der Waals surface area contributed by atoms with Gasteiger partial charge in [-0.1, -0.05) is 26.0 Å². The van der Waals surface area contributed by atoms with Crippen LogP contribution in [0, 0.1) is 0 Å². The van der Waals surface area contributed by atoms with Crippen LogP contribution in [-0.2, 0) is 14.4 Å². The van der Waals surface area contributed by atoms with E-state index in [2.05, 4.69) is 36.7 Å². The van der Waals surface area contributed by atoms with Crippen molar-refractivity contribution in [2.75, 3.05) is 13.1 Å². The van der Waals surface area contributed by atoms with E-state index in [9.17, 15) is 4.79 Å². The molecular weight excluding hydrogens is 328 g/mol. The van der Waals surface area contributed by atoms with Gasteiger partial charge in [-0.15, -0.1) is 25.6 Å². The minimum absolute atomic E-state index is 0. The molecule has 0 saturated heterocycles. The topological polar surface area (TPSA) is 64.8 Å². The van der Waals surface area contributed by atoms with Crippen molar-refractivity contribution in [1.82, 2.24) is 4.90 Å². The molecule has 1 aliphatic rings. The molecule has 0 fully saturated rings. The van der Waals surface area contributed by atoms with Crippen molar-refractivity contribution < 1.29 is 14.4 Å². The highest BCUT2D eigenvalue weighted by molar-refractivity contribution is 5.88. The molecule has 0 spiro atoms. The number of rotatable bonds is 10. The molecule has 0 saturated carbocycles. The summed E-state index contributed by atoms with van der Waals surface area (Å²) in [6.45, 7) is 13.3. The molecule has 0 aliphatic heterocycles. The third kappa shape index (κ3) is 6.77. The SMILES string of the molecule is C=CCN(CC=C)C1CC(C(=O)ON)=CC(OC(CC)CC)C1.Cl. The van der Waals surface area contributed by atoms with Crippen molar-refractivity contribution in [2.45, 2.75) is 57.8 Å². The Bertz CT molecular complexity index is 426. The van der Waals surface area contributed by atoms with Crippen LogP contribution in [0.4, 0.5) is 0 Å². The Morgan fingerprint density at radius 1 is 1.38 bits per heavy atom. The maximum absolute atomic E-state index is 11.9. The quantitative estimate of drug-likeness (QED) is 0.480. The van der Waals surface area contributed by atoms with Crippen molar-refractivity contribution in [1.29, 1.82) is 0 Å². The summed E-state index contributed by atoms with van der Waals surface area (Å²) >= 11 is 0. The van der Waals surface area contributed by atoms with Crippen LogP contribution in [-0.4, -0.2) is 42.2 Å². The predicted octanol–water partition coefficient (Wildman–Crippen LogP) is 3.16. The van der Waals surface area contributed by atoms with E-state index in [0.717, 1.165) is 32.4 Å². The lowest BCUT2D eigenvalue weighted by molar-refractivity contribution is -0.140. The molecule has 0 heterocycles. The highest BCUT2D eigenvalue weighted by atomic mass is 35.5. The Labute approximate surface area is 151 Å². The van der Waals surface area contributed by atoms with E-state index in [1.165, 1.54) is 0 Å². The van der Waals surface area contributed by atoms with Crippen molar-refractivity contribution in [3.63, 3.8) is 0 Å². The molecule has 1 rings (SSSR count). The number of carbonyl (C=O) groups is 1. The summed E-state index contributed by atoms with van der Waals surface area (Å²) in [6, 6.07) is 0.171. The molecule has 24 heavy (non-hydrogen) atoms. The summed E-state index contributed by atoms with van der Waals surface area (Å²) in [5, 5.41) is 0. The first-order valence-electron chi connectivity index (χ1n) is 8.32. The van der Waals surface area contributed by atoms with Crippen molar-refractivity contribution in [3.8, 4) is 0 Å². The van der Waals surface area contributed by atoms with Gasteiger partial charge in [-0.3, -0.25) is 4.90 Å². The Hall–Kier alpha value is -1.14. The maximum Gasteiger partial charge on any atom is 0.352 e. The number of carbonyl (C=O) groups excluding carboxylic acids is 1. The first-order chi connectivity index (χ1) is 11.1. The highest BCUT2D eigenvalue weighted by Gasteiger charge is 2.31. The van der Waals surface area contributed by atoms with Crippen LogP contribution in [0.5, 0.6) is 0 Å². The number of hydrogen-bond donors (Lipinski definition) is 1. The van der Waals surface area contributed by atoms with E-state index >= 15 is 0 Å². The molecule has 2 N–H and O–H groups in total. The largest absolute Gasteiger partial charge is 0.371 e. The summed E-state index contributed by atoms with van der Waals surface area (Å²) in [5.41, 5.74) is 0.581. The van der Waals surface area contributed by atoms with Gasteiger partial charge in [-0.05, 0) is 31.8 Å². The second-order valence-corrected chi connectivity index (χ2v) is 5.84. The first kappa shape index (κ1) is 22.9. The van der Waals surface area contributed by atoms with Crippen LogP contribution in [0.15, 0.2) is 37.0 Å². The van der Waals surface area contributed by atoms with E-state index in [-0.39, 0.29) is 30.7 Å². The third-order valence-corrected chi connectivity index (χ3v) is 4.24. The monoisotopic (exact) mass is 358 g/mol. The molecule has 0 radical (unpaired) electrons. The second kappa shape index (κ2) is 12.3. The molecule has 0 aromatic carbocycles. The normalized spacial score (nSPS) is 20.3. The van der Waals surface area contributed by atoms with Crippen LogP contribution in [0.2, 0.25) is 0 Å². The maximum atomic E-state index is 11.9. The van der Waals surface area contributed by atoms with Crippen LogP contribution in [0.1, 0.15) is 39.5 Å². The molecule has 0 aromatic heterocycles. The lowest BCUT2D eigenvalue weighted by Crippen LogP contribution is -2.42. The van der Waals surface area contributed by atoms with Gasteiger partial charge in [-0.2, -0.15) is 5.90 Å². The second-order valence-electron chi connectivity index (χ2n) is 5.84. The molecule has 5 nitrogen and oxygen atoms in total. The molecule has 0 amide bonds. The van der Waals surface area contributed by atoms with Crippen LogP contribution in [0.25, 0.3) is 0 Å². The van der Waals surface area contributed by atoms with Gasteiger partial charge in [0.15, 0.2) is 0 Å². The van der Waals surface area contributed by atoms with Crippen molar-refractivity contribution in [2.24, 2.45) is 5.90 Å². The summed E-state index contributed by atoms with van der Waals surface area (Å²) in [5.74, 6) is 4.58. The van der Waals surface area contributed by atoms with Gasteiger partial charge in [0, 0.05) is 24.7 Å². The van der Waals surface area contributed by atoms with Gasteiger partial charge in [0.1, 0.15) is 0 Å². The van der Waals surface area contributed by atoms with E-state index < -0.39 is 5.97 Å². The highest BCUT2D eigenvalue weighted by Crippen LogP contribution is 2.27. The smallest absolute Gasteiger partial charge is 0.352 e.